The van der Waals surface area contributed by atoms with Crippen molar-refractivity contribution >= 4 is 11.9 Å². The van der Waals surface area contributed by atoms with E-state index < -0.39 is 0 Å². The second kappa shape index (κ2) is 18.7. The third-order valence-electron chi connectivity index (χ3n) is 5.77. The Labute approximate surface area is 196 Å². The number of carbonyl (C=O) groups excluding carboxylic acids is 2. The van der Waals surface area contributed by atoms with Crippen molar-refractivity contribution < 1.29 is 19.1 Å². The van der Waals surface area contributed by atoms with Gasteiger partial charge in [0.05, 0.1) is 0 Å². The fraction of sp³-hybridized carbons (Fsp3) is 0.714. The van der Waals surface area contributed by atoms with Gasteiger partial charge in [0.15, 0.2) is 11.5 Å². The van der Waals surface area contributed by atoms with Gasteiger partial charge in [0.25, 0.3) is 0 Å². The van der Waals surface area contributed by atoms with Crippen molar-refractivity contribution in [1.82, 2.24) is 0 Å². The number of esters is 2. The Morgan fingerprint density at radius 2 is 1.12 bits per heavy atom. The predicted molar refractivity (Wildman–Crippen MR) is 132 cm³/mol. The van der Waals surface area contributed by atoms with Crippen LogP contribution in [0.4, 0.5) is 0 Å². The number of unbranched alkanes of at least 4 members (excludes halogenated alkanes) is 11. The van der Waals surface area contributed by atoms with E-state index in [1.165, 1.54) is 38.5 Å². The highest BCUT2D eigenvalue weighted by molar-refractivity contribution is 5.76. The van der Waals surface area contributed by atoms with E-state index in [-0.39, 0.29) is 11.9 Å². The average Bonchev–Trinajstić information content (AvgIpc) is 2.78. The van der Waals surface area contributed by atoms with E-state index in [0.717, 1.165) is 63.4 Å². The smallest absolute Gasteiger partial charge is 0.311 e. The molecule has 0 unspecified atom stereocenters. The molecule has 0 heterocycles. The van der Waals surface area contributed by atoms with Crippen LogP contribution >= 0.6 is 0 Å². The van der Waals surface area contributed by atoms with Crippen LogP contribution in [0.3, 0.4) is 0 Å². The Morgan fingerprint density at radius 1 is 0.625 bits per heavy atom. The fourth-order valence-corrected chi connectivity index (χ4v) is 3.78. The Balaban J connectivity index is 2.72. The molecule has 0 aliphatic rings. The molecule has 0 atom stereocenters. The predicted octanol–water partition coefficient (Wildman–Crippen LogP) is 8.34. The van der Waals surface area contributed by atoms with Crippen LogP contribution in [0.15, 0.2) is 18.2 Å². The SMILES string of the molecule is CCCCCCCCCCc1cccc(OC(=O)CCCCC)c1OC(=O)CCCCC. The number of hydrogen-bond acceptors (Lipinski definition) is 4. The van der Waals surface area contributed by atoms with Gasteiger partial charge in [-0.1, -0.05) is 104 Å². The second-order valence-electron chi connectivity index (χ2n) is 8.83. The maximum Gasteiger partial charge on any atom is 0.311 e. The molecule has 0 fully saturated rings. The number of rotatable bonds is 19. The summed E-state index contributed by atoms with van der Waals surface area (Å²) in [5.41, 5.74) is 0.957. The van der Waals surface area contributed by atoms with Gasteiger partial charge in [0, 0.05) is 12.8 Å². The molecule has 0 bridgehead atoms. The molecular weight excluding hydrogens is 400 g/mol. The zero-order chi connectivity index (χ0) is 23.4. The maximum atomic E-state index is 12.4. The number of carbonyl (C=O) groups is 2. The molecule has 0 aliphatic heterocycles. The van der Waals surface area contributed by atoms with Crippen molar-refractivity contribution in [2.75, 3.05) is 0 Å². The summed E-state index contributed by atoms with van der Waals surface area (Å²) in [7, 11) is 0. The monoisotopic (exact) mass is 446 g/mol. The van der Waals surface area contributed by atoms with Gasteiger partial charge < -0.3 is 9.47 Å². The summed E-state index contributed by atoms with van der Waals surface area (Å²) < 4.78 is 11.4. The topological polar surface area (TPSA) is 52.6 Å². The molecule has 0 amide bonds. The lowest BCUT2D eigenvalue weighted by atomic mass is 10.0. The van der Waals surface area contributed by atoms with Gasteiger partial charge in [-0.25, -0.2) is 0 Å². The minimum atomic E-state index is -0.258. The van der Waals surface area contributed by atoms with Crippen LogP contribution in [0, 0.1) is 0 Å². The minimum absolute atomic E-state index is 0.245. The zero-order valence-electron chi connectivity index (χ0n) is 20.9. The highest BCUT2D eigenvalue weighted by Crippen LogP contribution is 2.33. The third kappa shape index (κ3) is 12.9. The van der Waals surface area contributed by atoms with Gasteiger partial charge in [0.1, 0.15) is 0 Å². The van der Waals surface area contributed by atoms with Gasteiger partial charge in [-0.15, -0.1) is 0 Å². The van der Waals surface area contributed by atoms with E-state index in [1.54, 1.807) is 6.07 Å². The number of hydrogen-bond donors (Lipinski definition) is 0. The molecule has 0 radical (unpaired) electrons. The molecule has 0 saturated carbocycles. The van der Waals surface area contributed by atoms with Crippen LogP contribution in [0.5, 0.6) is 11.5 Å². The molecule has 4 nitrogen and oxygen atoms in total. The lowest BCUT2D eigenvalue weighted by Gasteiger charge is -2.15. The summed E-state index contributed by atoms with van der Waals surface area (Å²) in [5, 5.41) is 0. The second-order valence-corrected chi connectivity index (χ2v) is 8.83. The van der Waals surface area contributed by atoms with Crippen LogP contribution in [-0.4, -0.2) is 11.9 Å². The molecule has 4 heteroatoms. The molecule has 1 rings (SSSR count). The molecular formula is C28H46O4. The normalized spacial score (nSPS) is 10.8. The number of aryl methyl sites for hydroxylation is 1. The van der Waals surface area contributed by atoms with Crippen LogP contribution in [0.1, 0.15) is 129 Å². The van der Waals surface area contributed by atoms with E-state index in [0.29, 0.717) is 24.3 Å². The van der Waals surface area contributed by atoms with Gasteiger partial charge in [0.2, 0.25) is 0 Å². The number of benzene rings is 1. The maximum absolute atomic E-state index is 12.4. The molecule has 0 N–H and O–H groups in total. The molecule has 1 aromatic carbocycles. The first kappa shape index (κ1) is 28.2. The van der Waals surface area contributed by atoms with Crippen LogP contribution in [0.2, 0.25) is 0 Å². The van der Waals surface area contributed by atoms with E-state index >= 15 is 0 Å². The summed E-state index contributed by atoms with van der Waals surface area (Å²) in [4.78, 5) is 24.7. The standard InChI is InChI=1S/C28H46O4/c1-4-7-10-11-12-13-14-17-19-24-20-18-21-25(31-26(29)22-15-8-5-2)28(24)32-27(30)23-16-9-6-3/h18,20-21H,4-17,19,22-23H2,1-3H3. The summed E-state index contributed by atoms with van der Waals surface area (Å²) in [5.74, 6) is 0.323. The van der Waals surface area contributed by atoms with Gasteiger partial charge in [-0.2, -0.15) is 0 Å². The van der Waals surface area contributed by atoms with Crippen molar-refractivity contribution in [3.8, 4) is 11.5 Å². The molecule has 32 heavy (non-hydrogen) atoms. The van der Waals surface area contributed by atoms with Crippen LogP contribution in [0.25, 0.3) is 0 Å². The van der Waals surface area contributed by atoms with Crippen LogP contribution < -0.4 is 9.47 Å². The highest BCUT2D eigenvalue weighted by atomic mass is 16.6. The first-order chi connectivity index (χ1) is 15.6. The lowest BCUT2D eigenvalue weighted by molar-refractivity contribution is -0.137. The molecule has 0 aliphatic carbocycles. The highest BCUT2D eigenvalue weighted by Gasteiger charge is 2.17. The summed E-state index contributed by atoms with van der Waals surface area (Å²) in [6, 6.07) is 5.62. The van der Waals surface area contributed by atoms with Crippen LogP contribution in [-0.2, 0) is 16.0 Å². The fourth-order valence-electron chi connectivity index (χ4n) is 3.78. The van der Waals surface area contributed by atoms with E-state index in [9.17, 15) is 9.59 Å². The minimum Gasteiger partial charge on any atom is -0.423 e. The van der Waals surface area contributed by atoms with Gasteiger partial charge >= 0.3 is 11.9 Å². The average molecular weight is 447 g/mol. The summed E-state index contributed by atoms with van der Waals surface area (Å²) >= 11 is 0. The first-order valence-corrected chi connectivity index (χ1v) is 13.2. The first-order valence-electron chi connectivity index (χ1n) is 13.2. The van der Waals surface area contributed by atoms with E-state index in [4.69, 9.17) is 9.47 Å². The molecule has 182 valence electrons. The quantitative estimate of drug-likeness (QED) is 0.122. The number of para-hydroxylation sites is 1. The number of ether oxygens (including phenoxy) is 2. The van der Waals surface area contributed by atoms with Crippen molar-refractivity contribution in [3.63, 3.8) is 0 Å². The van der Waals surface area contributed by atoms with Crippen molar-refractivity contribution in [2.24, 2.45) is 0 Å². The Bertz CT molecular complexity index is 638. The summed E-state index contributed by atoms with van der Waals surface area (Å²) in [6.07, 6.45) is 17.4. The van der Waals surface area contributed by atoms with Crippen molar-refractivity contribution in [1.29, 1.82) is 0 Å². The molecule has 0 aromatic heterocycles. The Hall–Kier alpha value is -1.84. The molecule has 1 aromatic rings. The Morgan fingerprint density at radius 3 is 1.72 bits per heavy atom. The summed E-state index contributed by atoms with van der Waals surface area (Å²) in [6.45, 7) is 6.46. The van der Waals surface area contributed by atoms with E-state index in [2.05, 4.69) is 20.8 Å². The lowest BCUT2D eigenvalue weighted by Crippen LogP contribution is -2.13. The van der Waals surface area contributed by atoms with Gasteiger partial charge in [-0.3, -0.25) is 9.59 Å². The van der Waals surface area contributed by atoms with E-state index in [1.807, 2.05) is 12.1 Å². The van der Waals surface area contributed by atoms with Crippen molar-refractivity contribution in [2.45, 2.75) is 130 Å². The van der Waals surface area contributed by atoms with Crippen molar-refractivity contribution in [3.05, 3.63) is 23.8 Å². The third-order valence-corrected chi connectivity index (χ3v) is 5.77. The zero-order valence-corrected chi connectivity index (χ0v) is 20.9. The van der Waals surface area contributed by atoms with Gasteiger partial charge in [-0.05, 0) is 37.3 Å². The molecule has 0 saturated heterocycles. The molecule has 0 spiro atoms. The largest absolute Gasteiger partial charge is 0.423 e. The Kier molecular flexibility index (Phi) is 16.5.